The summed E-state index contributed by atoms with van der Waals surface area (Å²) in [5.74, 6) is 0. The first-order valence-corrected chi connectivity index (χ1v) is 6.93. The molecule has 0 aliphatic rings. The largest absolute Gasteiger partial charge is 0.390 e. The minimum atomic E-state index is -0.474. The summed E-state index contributed by atoms with van der Waals surface area (Å²) < 4.78 is 8.19. The lowest BCUT2D eigenvalue weighted by atomic mass is 10.2. The predicted molar refractivity (Wildman–Crippen MR) is 71.2 cm³/mol. The maximum Gasteiger partial charge on any atom is 0.0829 e. The normalized spacial score (nSPS) is 13.0. The fraction of sp³-hybridized carbons (Fsp3) is 0.750. The Balaban J connectivity index is 2.78. The molecule has 0 amide bonds. The molecular weight excluding hydrogens is 284 g/mol. The Morgan fingerprint density at radius 3 is 2.65 bits per heavy atom. The standard InChI is InChI=1S/C12H21BrN2O2/c1-4-10-12(13)11(15(5-2)14-10)7-9(16)8-17-6-3/h9,16H,4-8H2,1-3H3. The highest BCUT2D eigenvalue weighted by molar-refractivity contribution is 9.10. The number of halogens is 1. The SMILES string of the molecule is CCOCC(O)Cc1c(Br)c(CC)nn1CC. The number of rotatable bonds is 7. The molecular formula is C12H21BrN2O2. The zero-order valence-electron chi connectivity index (χ0n) is 10.7. The zero-order chi connectivity index (χ0) is 12.8. The molecule has 0 aliphatic carbocycles. The fourth-order valence-corrected chi connectivity index (χ4v) is 2.47. The van der Waals surface area contributed by atoms with Gasteiger partial charge in [0.1, 0.15) is 0 Å². The Labute approximate surface area is 111 Å². The van der Waals surface area contributed by atoms with Gasteiger partial charge in [-0.05, 0) is 36.2 Å². The van der Waals surface area contributed by atoms with Gasteiger partial charge in [-0.3, -0.25) is 4.68 Å². The van der Waals surface area contributed by atoms with Crippen LogP contribution in [0.25, 0.3) is 0 Å². The third kappa shape index (κ3) is 3.79. The van der Waals surface area contributed by atoms with Gasteiger partial charge in [-0.2, -0.15) is 5.10 Å². The zero-order valence-corrected chi connectivity index (χ0v) is 12.3. The van der Waals surface area contributed by atoms with Crippen LogP contribution in [0.1, 0.15) is 32.2 Å². The monoisotopic (exact) mass is 304 g/mol. The van der Waals surface area contributed by atoms with E-state index in [4.69, 9.17) is 4.74 Å². The van der Waals surface area contributed by atoms with Crippen LogP contribution in [0.4, 0.5) is 0 Å². The number of hydrogen-bond donors (Lipinski definition) is 1. The van der Waals surface area contributed by atoms with Crippen molar-refractivity contribution in [3.63, 3.8) is 0 Å². The summed E-state index contributed by atoms with van der Waals surface area (Å²) in [6, 6.07) is 0. The number of aliphatic hydroxyl groups is 1. The Morgan fingerprint density at radius 2 is 2.12 bits per heavy atom. The van der Waals surface area contributed by atoms with Crippen LogP contribution in [0.15, 0.2) is 4.47 Å². The maximum absolute atomic E-state index is 9.87. The number of hydrogen-bond acceptors (Lipinski definition) is 3. The molecule has 0 saturated heterocycles. The van der Waals surface area contributed by atoms with Gasteiger partial charge in [0.05, 0.1) is 28.6 Å². The van der Waals surface area contributed by atoms with E-state index >= 15 is 0 Å². The Hall–Kier alpha value is -0.390. The third-order valence-electron chi connectivity index (χ3n) is 2.64. The van der Waals surface area contributed by atoms with Crippen molar-refractivity contribution in [2.45, 2.75) is 46.3 Å². The molecule has 98 valence electrons. The summed E-state index contributed by atoms with van der Waals surface area (Å²) in [7, 11) is 0. The van der Waals surface area contributed by atoms with Gasteiger partial charge in [-0.15, -0.1) is 0 Å². The van der Waals surface area contributed by atoms with Crippen molar-refractivity contribution < 1.29 is 9.84 Å². The molecule has 1 atom stereocenters. The molecule has 1 rings (SSSR count). The lowest BCUT2D eigenvalue weighted by Crippen LogP contribution is -2.20. The smallest absolute Gasteiger partial charge is 0.0829 e. The van der Waals surface area contributed by atoms with E-state index in [0.29, 0.717) is 19.6 Å². The van der Waals surface area contributed by atoms with Gasteiger partial charge in [-0.25, -0.2) is 0 Å². The molecule has 0 saturated carbocycles. The van der Waals surface area contributed by atoms with Crippen LogP contribution in [0.2, 0.25) is 0 Å². The highest BCUT2D eigenvalue weighted by atomic mass is 79.9. The predicted octanol–water partition coefficient (Wildman–Crippen LogP) is 2.17. The van der Waals surface area contributed by atoms with Crippen LogP contribution in [0.5, 0.6) is 0 Å². The second-order valence-corrected chi connectivity index (χ2v) is 4.69. The minimum Gasteiger partial charge on any atom is -0.390 e. The summed E-state index contributed by atoms with van der Waals surface area (Å²) in [6.45, 7) is 7.87. The van der Waals surface area contributed by atoms with Crippen LogP contribution < -0.4 is 0 Å². The molecule has 0 aromatic carbocycles. The highest BCUT2D eigenvalue weighted by Crippen LogP contribution is 2.23. The van der Waals surface area contributed by atoms with E-state index in [9.17, 15) is 5.11 Å². The van der Waals surface area contributed by atoms with Gasteiger partial charge < -0.3 is 9.84 Å². The highest BCUT2D eigenvalue weighted by Gasteiger charge is 2.17. The lowest BCUT2D eigenvalue weighted by Gasteiger charge is -2.11. The van der Waals surface area contributed by atoms with E-state index < -0.39 is 6.10 Å². The first kappa shape index (κ1) is 14.7. The van der Waals surface area contributed by atoms with Gasteiger partial charge in [0.15, 0.2) is 0 Å². The quantitative estimate of drug-likeness (QED) is 0.840. The molecule has 0 radical (unpaired) electrons. The fourth-order valence-electron chi connectivity index (χ4n) is 1.75. The molecule has 0 fully saturated rings. The van der Waals surface area contributed by atoms with Gasteiger partial charge in [0, 0.05) is 19.6 Å². The molecule has 1 aromatic heterocycles. The number of aromatic nitrogens is 2. The van der Waals surface area contributed by atoms with Crippen molar-refractivity contribution in [1.82, 2.24) is 9.78 Å². The molecule has 5 heteroatoms. The third-order valence-corrected chi connectivity index (χ3v) is 3.55. The number of nitrogens with zero attached hydrogens (tertiary/aromatic N) is 2. The topological polar surface area (TPSA) is 47.3 Å². The minimum absolute atomic E-state index is 0.374. The van der Waals surface area contributed by atoms with E-state index in [1.54, 1.807) is 0 Å². The van der Waals surface area contributed by atoms with Crippen LogP contribution in [0.3, 0.4) is 0 Å². The molecule has 0 bridgehead atoms. The molecule has 1 heterocycles. The van der Waals surface area contributed by atoms with Crippen molar-refractivity contribution >= 4 is 15.9 Å². The first-order chi connectivity index (χ1) is 8.13. The van der Waals surface area contributed by atoms with Crippen molar-refractivity contribution in [3.05, 3.63) is 15.9 Å². The molecule has 0 aliphatic heterocycles. The Morgan fingerprint density at radius 1 is 1.41 bits per heavy atom. The molecule has 4 nitrogen and oxygen atoms in total. The molecule has 0 spiro atoms. The Bertz CT molecular complexity index is 353. The lowest BCUT2D eigenvalue weighted by molar-refractivity contribution is 0.0419. The number of ether oxygens (including phenoxy) is 1. The van der Waals surface area contributed by atoms with Crippen molar-refractivity contribution in [2.24, 2.45) is 0 Å². The summed E-state index contributed by atoms with van der Waals surface area (Å²) in [6.07, 6.45) is 0.988. The van der Waals surface area contributed by atoms with Crippen molar-refractivity contribution in [3.8, 4) is 0 Å². The summed E-state index contributed by atoms with van der Waals surface area (Å²) >= 11 is 3.56. The maximum atomic E-state index is 9.87. The van der Waals surface area contributed by atoms with Crippen LogP contribution in [0, 0.1) is 0 Å². The van der Waals surface area contributed by atoms with Crippen molar-refractivity contribution in [2.75, 3.05) is 13.2 Å². The first-order valence-electron chi connectivity index (χ1n) is 6.13. The van der Waals surface area contributed by atoms with Crippen LogP contribution in [-0.2, 0) is 24.1 Å². The van der Waals surface area contributed by atoms with E-state index in [2.05, 4.69) is 34.9 Å². The van der Waals surface area contributed by atoms with Crippen molar-refractivity contribution in [1.29, 1.82) is 0 Å². The Kier molecular flexibility index (Phi) is 6.16. The van der Waals surface area contributed by atoms with E-state index in [-0.39, 0.29) is 0 Å². The molecule has 1 aromatic rings. The number of aryl methyl sites for hydroxylation is 2. The van der Waals surface area contributed by atoms with E-state index in [1.807, 2.05) is 11.6 Å². The van der Waals surface area contributed by atoms with Crippen LogP contribution in [-0.4, -0.2) is 34.2 Å². The number of aliphatic hydroxyl groups excluding tert-OH is 1. The van der Waals surface area contributed by atoms with E-state index in [0.717, 1.165) is 28.8 Å². The van der Waals surface area contributed by atoms with Gasteiger partial charge in [0.25, 0.3) is 0 Å². The van der Waals surface area contributed by atoms with Gasteiger partial charge >= 0.3 is 0 Å². The van der Waals surface area contributed by atoms with Gasteiger partial charge in [0.2, 0.25) is 0 Å². The average Bonchev–Trinajstić information content (AvgIpc) is 2.63. The average molecular weight is 305 g/mol. The van der Waals surface area contributed by atoms with Gasteiger partial charge in [-0.1, -0.05) is 6.92 Å². The molecule has 1 N–H and O–H groups in total. The molecule has 1 unspecified atom stereocenters. The van der Waals surface area contributed by atoms with Crippen LogP contribution >= 0.6 is 15.9 Å². The second-order valence-electron chi connectivity index (χ2n) is 3.89. The van der Waals surface area contributed by atoms with E-state index in [1.165, 1.54) is 0 Å². The summed E-state index contributed by atoms with van der Waals surface area (Å²) in [4.78, 5) is 0. The second kappa shape index (κ2) is 7.13. The molecule has 17 heavy (non-hydrogen) atoms. The summed E-state index contributed by atoms with van der Waals surface area (Å²) in [5.41, 5.74) is 2.10. The summed E-state index contributed by atoms with van der Waals surface area (Å²) in [5, 5.41) is 14.4.